The lowest BCUT2D eigenvalue weighted by Crippen LogP contribution is -2.29. The third kappa shape index (κ3) is 19.3. The van der Waals surface area contributed by atoms with Crippen LogP contribution >= 0.6 is 0 Å². The molecule has 0 heterocycles. The summed E-state index contributed by atoms with van der Waals surface area (Å²) in [5, 5.41) is 0. The summed E-state index contributed by atoms with van der Waals surface area (Å²) in [7, 11) is 0. The topological polar surface area (TPSA) is 107 Å². The van der Waals surface area contributed by atoms with E-state index in [0.29, 0.717) is 61.9 Å². The highest BCUT2D eigenvalue weighted by Crippen LogP contribution is 2.40. The summed E-state index contributed by atoms with van der Waals surface area (Å²) in [6.07, 6.45) is 28.1. The fourth-order valence-electron chi connectivity index (χ4n) is 11.7. The van der Waals surface area contributed by atoms with Gasteiger partial charge in [-0.05, 0) is 129 Å². The van der Waals surface area contributed by atoms with Crippen LogP contribution in [0.25, 0.3) is 0 Å². The van der Waals surface area contributed by atoms with Crippen LogP contribution in [0.4, 0.5) is 0 Å². The Balaban J connectivity index is 1.09. The largest absolute Gasteiger partial charge is 0.494 e. The molecule has 4 fully saturated rings. The number of hydrogen-bond acceptors (Lipinski definition) is 9. The minimum atomic E-state index is -0.421. The van der Waals surface area contributed by atoms with E-state index >= 15 is 0 Å². The van der Waals surface area contributed by atoms with Crippen LogP contribution in [-0.2, 0) is 33.3 Å². The number of rotatable bonds is 27. The van der Waals surface area contributed by atoms with Crippen LogP contribution in [0.15, 0.2) is 86.2 Å². The predicted molar refractivity (Wildman–Crippen MR) is 286 cm³/mol. The van der Waals surface area contributed by atoms with Gasteiger partial charge in [0.15, 0.2) is 0 Å². The number of carbonyl (C=O) groups excluding carboxylic acids is 3. The first-order chi connectivity index (χ1) is 35.1. The van der Waals surface area contributed by atoms with Gasteiger partial charge < -0.3 is 28.4 Å². The van der Waals surface area contributed by atoms with E-state index < -0.39 is 5.97 Å². The fraction of sp³-hybridized carbons (Fsp3) is 0.635. The summed E-state index contributed by atoms with van der Waals surface area (Å²) < 4.78 is 34.6. The normalized spacial score (nSPS) is 25.1. The summed E-state index contributed by atoms with van der Waals surface area (Å²) in [6, 6.07) is 16.4. The molecule has 2 aromatic carbocycles. The summed E-state index contributed by atoms with van der Waals surface area (Å²) in [5.41, 5.74) is 2.36. The minimum Gasteiger partial charge on any atom is -0.494 e. The smallest absolute Gasteiger partial charge is 0.330 e. The molecule has 0 spiro atoms. The van der Waals surface area contributed by atoms with E-state index in [1.165, 1.54) is 88.2 Å². The van der Waals surface area contributed by atoms with Crippen LogP contribution in [0.2, 0.25) is 0 Å². The van der Waals surface area contributed by atoms with Gasteiger partial charge in [0, 0.05) is 30.8 Å². The highest BCUT2D eigenvalue weighted by atomic mass is 16.5. The van der Waals surface area contributed by atoms with Crippen molar-refractivity contribution in [3.8, 4) is 23.3 Å². The molecule has 0 N–H and O–H groups in total. The Morgan fingerprint density at radius 1 is 0.528 bits per heavy atom. The maximum atomic E-state index is 13.4. The van der Waals surface area contributed by atoms with E-state index in [2.05, 4.69) is 69.7 Å². The van der Waals surface area contributed by atoms with Crippen LogP contribution in [0.5, 0.6) is 11.5 Å². The maximum absolute atomic E-state index is 13.4. The van der Waals surface area contributed by atoms with Crippen LogP contribution in [0.1, 0.15) is 191 Å². The number of ether oxygens (including phenoxy) is 6. The van der Waals surface area contributed by atoms with E-state index in [0.717, 1.165) is 88.5 Å². The average Bonchev–Trinajstić information content (AvgIpc) is 3.41. The molecule has 0 amide bonds. The summed E-state index contributed by atoms with van der Waals surface area (Å²) >= 11 is 0. The van der Waals surface area contributed by atoms with Crippen molar-refractivity contribution in [1.29, 1.82) is 0 Å². The van der Waals surface area contributed by atoms with Gasteiger partial charge in [-0.1, -0.05) is 147 Å². The van der Waals surface area contributed by atoms with Crippen molar-refractivity contribution in [3.63, 3.8) is 0 Å². The molecule has 6 rings (SSSR count). The predicted octanol–water partition coefficient (Wildman–Crippen LogP) is 14.7. The molecule has 0 radical (unpaired) electrons. The van der Waals surface area contributed by atoms with Gasteiger partial charge in [-0.2, -0.15) is 0 Å². The molecule has 4 saturated carbocycles. The van der Waals surface area contributed by atoms with Crippen molar-refractivity contribution in [3.05, 3.63) is 97.3 Å². The molecule has 0 bridgehead atoms. The van der Waals surface area contributed by atoms with Crippen molar-refractivity contribution in [2.75, 3.05) is 26.4 Å². The maximum Gasteiger partial charge on any atom is 0.330 e. The summed E-state index contributed by atoms with van der Waals surface area (Å²) in [6.45, 7) is 17.5. The van der Waals surface area contributed by atoms with Crippen molar-refractivity contribution >= 4 is 17.9 Å². The van der Waals surface area contributed by atoms with Gasteiger partial charge in [0.05, 0.1) is 50.5 Å². The lowest BCUT2D eigenvalue weighted by atomic mass is 9.75. The van der Waals surface area contributed by atoms with Crippen molar-refractivity contribution in [1.82, 2.24) is 0 Å². The number of carbonyl (C=O) groups is 3. The van der Waals surface area contributed by atoms with E-state index in [4.69, 9.17) is 28.4 Å². The third-order valence-electron chi connectivity index (χ3n) is 16.1. The molecule has 0 aromatic heterocycles. The fourth-order valence-corrected chi connectivity index (χ4v) is 11.7. The molecule has 4 aliphatic carbocycles. The zero-order valence-electron chi connectivity index (χ0n) is 44.1. The lowest BCUT2D eigenvalue weighted by Gasteiger charge is -2.30. The first-order valence-electron chi connectivity index (χ1n) is 28.2. The molecule has 9 heteroatoms. The zero-order chi connectivity index (χ0) is 50.9. The SMILES string of the molecule is C=CC(=C)OCCCOC1CCC(C(=O)Oc2ccc(C(C#CC(CC3CCC(CCC)CC3)c3ccc(OC(=O)C4CCC(OCCCOC(=O)C=C)CC4)cc3)CC3CCC(CCC)CC3)cc2)CC1. The first kappa shape index (κ1) is 56.6. The Hall–Kier alpha value is -4.65. The van der Waals surface area contributed by atoms with Gasteiger partial charge in [0.2, 0.25) is 0 Å². The molecular weight excluding hydrogens is 901 g/mol. The van der Waals surface area contributed by atoms with Gasteiger partial charge >= 0.3 is 17.9 Å². The number of esters is 3. The Labute approximate surface area is 433 Å². The van der Waals surface area contributed by atoms with Crippen LogP contribution in [-0.4, -0.2) is 56.5 Å². The molecule has 0 aliphatic heterocycles. The van der Waals surface area contributed by atoms with Gasteiger partial charge in [-0.25, -0.2) is 4.79 Å². The van der Waals surface area contributed by atoms with Gasteiger partial charge in [-0.3, -0.25) is 9.59 Å². The monoisotopic (exact) mass is 989 g/mol. The number of allylic oxidation sites excluding steroid dienone is 1. The second-order valence-corrected chi connectivity index (χ2v) is 21.5. The van der Waals surface area contributed by atoms with Crippen molar-refractivity contribution in [2.45, 2.75) is 192 Å². The Kier molecular flexibility index (Phi) is 24.5. The lowest BCUT2D eigenvalue weighted by molar-refractivity contribution is -0.142. The van der Waals surface area contributed by atoms with Gasteiger partial charge in [0.25, 0.3) is 0 Å². The molecule has 2 atom stereocenters. The quantitative estimate of drug-likeness (QED) is 0.0164. The minimum absolute atomic E-state index is 0.0622. The second-order valence-electron chi connectivity index (χ2n) is 21.5. The standard InChI is InChI=1S/C63H88O9/c1-6-12-47-14-18-49(19-15-47)44-55(51-24-36-59(37-25-51)71-62(65)53-28-32-57(33-29-53)68-41-10-40-67-46(5)8-3)22-23-56(45-50-20-16-48(13-7-2)17-21-50)52-26-38-60(39-27-52)72-63(66)54-30-34-58(35-31-54)69-42-11-43-70-61(64)9-4/h8-9,24-27,36-39,47-50,53-58H,3-7,10-21,28-35,40-45H2,1-2H3. The molecular formula is C63H88O9. The molecule has 9 nitrogen and oxygen atoms in total. The van der Waals surface area contributed by atoms with Crippen LogP contribution in [0, 0.1) is 47.3 Å². The second kappa shape index (κ2) is 31.2. The van der Waals surface area contributed by atoms with E-state index in [1.54, 1.807) is 6.08 Å². The highest BCUT2D eigenvalue weighted by molar-refractivity contribution is 5.81. The van der Waals surface area contributed by atoms with E-state index in [-0.39, 0.29) is 47.8 Å². The molecule has 72 heavy (non-hydrogen) atoms. The van der Waals surface area contributed by atoms with Gasteiger partial charge in [0.1, 0.15) is 17.3 Å². The van der Waals surface area contributed by atoms with Crippen molar-refractivity contribution < 1.29 is 42.8 Å². The van der Waals surface area contributed by atoms with E-state index in [1.807, 2.05) is 24.3 Å². The van der Waals surface area contributed by atoms with Crippen molar-refractivity contribution in [2.24, 2.45) is 35.5 Å². The van der Waals surface area contributed by atoms with Gasteiger partial charge in [-0.15, -0.1) is 0 Å². The number of hydrogen-bond donors (Lipinski definition) is 0. The van der Waals surface area contributed by atoms with Crippen LogP contribution < -0.4 is 9.47 Å². The van der Waals surface area contributed by atoms with Crippen LogP contribution in [0.3, 0.4) is 0 Å². The summed E-state index contributed by atoms with van der Waals surface area (Å²) in [5.74, 6) is 11.6. The van der Waals surface area contributed by atoms with E-state index in [9.17, 15) is 14.4 Å². The molecule has 4 aliphatic rings. The number of benzene rings is 2. The Morgan fingerprint density at radius 3 is 1.29 bits per heavy atom. The average molecular weight is 989 g/mol. The molecule has 2 unspecified atom stereocenters. The Morgan fingerprint density at radius 2 is 0.917 bits per heavy atom. The molecule has 394 valence electrons. The highest BCUT2D eigenvalue weighted by Gasteiger charge is 2.31. The molecule has 0 saturated heterocycles. The first-order valence-corrected chi connectivity index (χ1v) is 28.2. The Bertz CT molecular complexity index is 1870. The summed E-state index contributed by atoms with van der Waals surface area (Å²) in [4.78, 5) is 38.1. The molecule has 2 aromatic rings. The zero-order valence-corrected chi connectivity index (χ0v) is 44.1. The third-order valence-corrected chi connectivity index (χ3v) is 16.1.